The molecule has 15 heavy (non-hydrogen) atoms. The maximum absolute atomic E-state index is 10.7. The molecule has 0 atom stereocenters. The van der Waals surface area contributed by atoms with Crippen LogP contribution in [-0.2, 0) is 11.3 Å². The quantitative estimate of drug-likeness (QED) is 0.786. The van der Waals surface area contributed by atoms with E-state index in [1.807, 2.05) is 11.8 Å². The molecular formula is C10H14N2O3. The van der Waals surface area contributed by atoms with E-state index in [1.54, 1.807) is 0 Å². The molecule has 1 aromatic rings. The topological polar surface area (TPSA) is 66.6 Å². The maximum Gasteiger partial charge on any atom is 0.317 e. The van der Waals surface area contributed by atoms with Crippen molar-refractivity contribution in [1.29, 1.82) is 0 Å². The number of carbonyl (C=O) groups is 1. The van der Waals surface area contributed by atoms with Gasteiger partial charge in [0, 0.05) is 12.6 Å². The van der Waals surface area contributed by atoms with Crippen LogP contribution in [0.25, 0.3) is 0 Å². The fourth-order valence-corrected chi connectivity index (χ4v) is 1.60. The van der Waals surface area contributed by atoms with Crippen LogP contribution in [0.1, 0.15) is 24.3 Å². The first-order valence-electron chi connectivity index (χ1n) is 5.01. The lowest BCUT2D eigenvalue weighted by molar-refractivity contribution is -0.138. The van der Waals surface area contributed by atoms with Gasteiger partial charge < -0.3 is 9.52 Å². The second-order valence-electron chi connectivity index (χ2n) is 3.89. The minimum atomic E-state index is -0.789. The molecule has 0 amide bonds. The van der Waals surface area contributed by atoms with Crippen molar-refractivity contribution in [3.63, 3.8) is 0 Å². The highest BCUT2D eigenvalue weighted by Crippen LogP contribution is 2.28. The number of aromatic nitrogens is 1. The van der Waals surface area contributed by atoms with Gasteiger partial charge >= 0.3 is 5.97 Å². The van der Waals surface area contributed by atoms with Crippen molar-refractivity contribution in [2.45, 2.75) is 32.4 Å². The third-order valence-electron chi connectivity index (χ3n) is 2.60. The number of aliphatic carboxylic acids is 1. The molecule has 0 aromatic carbocycles. The molecule has 1 aliphatic rings. The lowest BCUT2D eigenvalue weighted by Crippen LogP contribution is -2.31. The Morgan fingerprint density at radius 1 is 1.73 bits per heavy atom. The molecule has 1 heterocycles. The highest BCUT2D eigenvalue weighted by atomic mass is 16.4. The second-order valence-corrected chi connectivity index (χ2v) is 3.89. The van der Waals surface area contributed by atoms with Crippen molar-refractivity contribution < 1.29 is 14.3 Å². The minimum absolute atomic E-state index is 0.0803. The standard InChI is InChI=1S/C10H14N2O3/c1-7-9(11-6-15-7)4-12(5-10(13)14)8-2-3-8/h6,8H,2-5H2,1H3,(H,13,14). The molecule has 1 saturated carbocycles. The molecule has 5 heteroatoms. The molecule has 2 rings (SSSR count). The van der Waals surface area contributed by atoms with Gasteiger partial charge in [-0.2, -0.15) is 0 Å². The van der Waals surface area contributed by atoms with Gasteiger partial charge in [-0.15, -0.1) is 0 Å². The van der Waals surface area contributed by atoms with Gasteiger partial charge in [-0.25, -0.2) is 4.98 Å². The third-order valence-corrected chi connectivity index (χ3v) is 2.60. The second kappa shape index (κ2) is 4.02. The zero-order valence-corrected chi connectivity index (χ0v) is 8.64. The van der Waals surface area contributed by atoms with E-state index in [9.17, 15) is 4.79 Å². The fourth-order valence-electron chi connectivity index (χ4n) is 1.60. The normalized spacial score (nSPS) is 15.9. The van der Waals surface area contributed by atoms with Crippen LogP contribution in [0.4, 0.5) is 0 Å². The SMILES string of the molecule is Cc1ocnc1CN(CC(=O)O)C1CC1. The van der Waals surface area contributed by atoms with Crippen LogP contribution >= 0.6 is 0 Å². The predicted molar refractivity (Wildman–Crippen MR) is 52.3 cm³/mol. The van der Waals surface area contributed by atoms with E-state index in [2.05, 4.69) is 4.98 Å². The molecule has 0 aliphatic heterocycles. The van der Waals surface area contributed by atoms with E-state index in [1.165, 1.54) is 6.39 Å². The monoisotopic (exact) mass is 210 g/mol. The first kappa shape index (κ1) is 10.2. The Morgan fingerprint density at radius 2 is 2.47 bits per heavy atom. The number of rotatable bonds is 5. The molecule has 1 aliphatic carbocycles. The smallest absolute Gasteiger partial charge is 0.317 e. The number of hydrogen-bond acceptors (Lipinski definition) is 4. The summed E-state index contributed by atoms with van der Waals surface area (Å²) in [4.78, 5) is 16.7. The number of oxazole rings is 1. The Bertz CT molecular complexity index is 357. The summed E-state index contributed by atoms with van der Waals surface area (Å²) in [6, 6.07) is 0.414. The van der Waals surface area contributed by atoms with Crippen LogP contribution in [0.5, 0.6) is 0 Å². The van der Waals surface area contributed by atoms with Gasteiger partial charge in [-0.05, 0) is 19.8 Å². The largest absolute Gasteiger partial charge is 0.480 e. The lowest BCUT2D eigenvalue weighted by atomic mass is 10.3. The molecule has 0 bridgehead atoms. The van der Waals surface area contributed by atoms with Gasteiger partial charge in [-0.1, -0.05) is 0 Å². The highest BCUT2D eigenvalue weighted by Gasteiger charge is 2.31. The number of nitrogens with zero attached hydrogens (tertiary/aromatic N) is 2. The highest BCUT2D eigenvalue weighted by molar-refractivity contribution is 5.69. The van der Waals surface area contributed by atoms with Crippen LogP contribution in [0.3, 0.4) is 0 Å². The van der Waals surface area contributed by atoms with Crippen LogP contribution in [0, 0.1) is 6.92 Å². The maximum atomic E-state index is 10.7. The number of hydrogen-bond donors (Lipinski definition) is 1. The van der Waals surface area contributed by atoms with Gasteiger partial charge in [0.2, 0.25) is 0 Å². The van der Waals surface area contributed by atoms with Gasteiger partial charge in [0.1, 0.15) is 5.76 Å². The summed E-state index contributed by atoms with van der Waals surface area (Å²) in [5.41, 5.74) is 0.836. The van der Waals surface area contributed by atoms with Crippen LogP contribution in [0.2, 0.25) is 0 Å². The zero-order chi connectivity index (χ0) is 10.8. The molecule has 0 saturated heterocycles. The lowest BCUT2D eigenvalue weighted by Gasteiger charge is -2.18. The first-order chi connectivity index (χ1) is 7.16. The predicted octanol–water partition coefficient (Wildman–Crippen LogP) is 1.03. The summed E-state index contributed by atoms with van der Waals surface area (Å²) >= 11 is 0. The number of carboxylic acid groups (broad SMARTS) is 1. The molecule has 82 valence electrons. The summed E-state index contributed by atoms with van der Waals surface area (Å²) in [6.45, 7) is 2.49. The molecule has 1 aromatic heterocycles. The van der Waals surface area contributed by atoms with Crippen molar-refractivity contribution in [3.05, 3.63) is 17.8 Å². The van der Waals surface area contributed by atoms with E-state index < -0.39 is 5.97 Å². The molecular weight excluding hydrogens is 196 g/mol. The molecule has 5 nitrogen and oxygen atoms in total. The van der Waals surface area contributed by atoms with Gasteiger partial charge in [0.15, 0.2) is 6.39 Å². The molecule has 0 unspecified atom stereocenters. The fraction of sp³-hybridized carbons (Fsp3) is 0.600. The Kier molecular flexibility index (Phi) is 2.73. The van der Waals surface area contributed by atoms with E-state index in [0.29, 0.717) is 12.6 Å². The summed E-state index contributed by atoms with van der Waals surface area (Å²) in [6.07, 6.45) is 3.57. The summed E-state index contributed by atoms with van der Waals surface area (Å²) < 4.78 is 5.09. The van der Waals surface area contributed by atoms with E-state index in [0.717, 1.165) is 24.3 Å². The molecule has 0 spiro atoms. The van der Waals surface area contributed by atoms with Crippen LogP contribution in [0.15, 0.2) is 10.8 Å². The van der Waals surface area contributed by atoms with E-state index >= 15 is 0 Å². The zero-order valence-electron chi connectivity index (χ0n) is 8.64. The Morgan fingerprint density at radius 3 is 2.93 bits per heavy atom. The van der Waals surface area contributed by atoms with Crippen molar-refractivity contribution in [1.82, 2.24) is 9.88 Å². The van der Waals surface area contributed by atoms with Gasteiger partial charge in [0.05, 0.1) is 12.2 Å². The minimum Gasteiger partial charge on any atom is -0.480 e. The average molecular weight is 210 g/mol. The van der Waals surface area contributed by atoms with Crippen molar-refractivity contribution in [2.75, 3.05) is 6.54 Å². The number of aryl methyl sites for hydroxylation is 1. The number of carboxylic acids is 1. The van der Waals surface area contributed by atoms with E-state index in [-0.39, 0.29) is 6.54 Å². The van der Waals surface area contributed by atoms with Crippen molar-refractivity contribution in [3.8, 4) is 0 Å². The Balaban J connectivity index is 2.00. The van der Waals surface area contributed by atoms with Gasteiger partial charge in [0.25, 0.3) is 0 Å². The molecule has 1 fully saturated rings. The first-order valence-corrected chi connectivity index (χ1v) is 5.01. The van der Waals surface area contributed by atoms with Crippen molar-refractivity contribution in [2.24, 2.45) is 0 Å². The van der Waals surface area contributed by atoms with Crippen LogP contribution < -0.4 is 0 Å². The average Bonchev–Trinajstić information content (AvgIpc) is 2.92. The van der Waals surface area contributed by atoms with E-state index in [4.69, 9.17) is 9.52 Å². The summed E-state index contributed by atoms with van der Waals surface area (Å²) in [7, 11) is 0. The van der Waals surface area contributed by atoms with Gasteiger partial charge in [-0.3, -0.25) is 9.69 Å². The van der Waals surface area contributed by atoms with Crippen LogP contribution in [-0.4, -0.2) is 33.5 Å². The third kappa shape index (κ3) is 2.56. The molecule has 1 N–H and O–H groups in total. The summed E-state index contributed by atoms with van der Waals surface area (Å²) in [5, 5.41) is 8.77. The Hall–Kier alpha value is -1.36. The summed E-state index contributed by atoms with van der Waals surface area (Å²) in [5.74, 6) is -0.0194. The Labute approximate surface area is 87.7 Å². The van der Waals surface area contributed by atoms with Crippen molar-refractivity contribution >= 4 is 5.97 Å². The molecule has 0 radical (unpaired) electrons.